The molecule has 1 amide bonds. The van der Waals surface area contributed by atoms with Crippen molar-refractivity contribution in [3.63, 3.8) is 0 Å². The fourth-order valence-corrected chi connectivity index (χ4v) is 3.68. The largest absolute Gasteiger partial charge is 0.469 e. The molecule has 0 radical (unpaired) electrons. The number of esters is 2. The molecule has 0 atom stereocenters. The van der Waals surface area contributed by atoms with Crippen molar-refractivity contribution in [2.75, 3.05) is 19.5 Å². The number of methoxy groups -OCH3 is 2. The monoisotopic (exact) mass is 402 g/mol. The Labute approximate surface area is 164 Å². The van der Waals surface area contributed by atoms with Gasteiger partial charge < -0.3 is 13.9 Å². The van der Waals surface area contributed by atoms with Crippen LogP contribution in [0.15, 0.2) is 28.7 Å². The molecular formula is C19H18N2O6S. The number of rotatable bonds is 6. The molecule has 0 bridgehead atoms. The van der Waals surface area contributed by atoms with Crippen LogP contribution in [0.3, 0.4) is 0 Å². The molecule has 9 heteroatoms. The average Bonchev–Trinajstić information content (AvgIpc) is 3.25. The molecule has 1 aromatic carbocycles. The number of hydrogen-bond donors (Lipinski definition) is 1. The minimum atomic E-state index is -0.592. The summed E-state index contributed by atoms with van der Waals surface area (Å²) >= 11 is 1.36. The number of amides is 1. The second-order valence-corrected chi connectivity index (χ2v) is 6.87. The molecule has 2 aromatic heterocycles. The van der Waals surface area contributed by atoms with Crippen molar-refractivity contribution in [2.45, 2.75) is 19.8 Å². The van der Waals surface area contributed by atoms with E-state index in [2.05, 4.69) is 15.0 Å². The first-order chi connectivity index (χ1) is 13.4. The molecule has 2 heterocycles. The number of aryl methyl sites for hydroxylation is 1. The number of fused-ring (bicyclic) bond motifs is 1. The van der Waals surface area contributed by atoms with Crippen LogP contribution in [-0.2, 0) is 19.1 Å². The van der Waals surface area contributed by atoms with E-state index < -0.39 is 17.8 Å². The summed E-state index contributed by atoms with van der Waals surface area (Å²) in [6.45, 7) is 1.60. The molecule has 0 saturated heterocycles. The number of anilines is 1. The van der Waals surface area contributed by atoms with Gasteiger partial charge in [-0.1, -0.05) is 12.1 Å². The highest BCUT2D eigenvalue weighted by Crippen LogP contribution is 2.40. The normalized spacial score (nSPS) is 10.7. The van der Waals surface area contributed by atoms with Crippen LogP contribution in [0.1, 0.15) is 29.0 Å². The molecule has 28 heavy (non-hydrogen) atoms. The van der Waals surface area contributed by atoms with E-state index in [1.165, 1.54) is 25.6 Å². The molecule has 8 nitrogen and oxygen atoms in total. The Morgan fingerprint density at radius 2 is 1.89 bits per heavy atom. The molecule has 0 aliphatic rings. The summed E-state index contributed by atoms with van der Waals surface area (Å²) in [7, 11) is 2.52. The number of hydrogen-bond acceptors (Lipinski definition) is 8. The zero-order chi connectivity index (χ0) is 20.3. The summed E-state index contributed by atoms with van der Waals surface area (Å²) in [6.07, 6.45) is -0.151. The second kappa shape index (κ2) is 8.22. The first-order valence-corrected chi connectivity index (χ1v) is 9.20. The number of carbonyl (C=O) groups excluding carboxylic acids is 3. The smallest absolute Gasteiger partial charge is 0.342 e. The summed E-state index contributed by atoms with van der Waals surface area (Å²) in [5, 5.41) is 3.13. The van der Waals surface area contributed by atoms with E-state index in [1.807, 2.05) is 24.3 Å². The van der Waals surface area contributed by atoms with Gasteiger partial charge in [0.2, 0.25) is 11.8 Å². The molecule has 3 aromatic rings. The highest BCUT2D eigenvalue weighted by Gasteiger charge is 2.28. The maximum absolute atomic E-state index is 12.3. The Morgan fingerprint density at radius 3 is 2.57 bits per heavy atom. The molecule has 0 aliphatic heterocycles. The number of furan rings is 1. The summed E-state index contributed by atoms with van der Waals surface area (Å²) in [5.74, 6) is -1.15. The number of para-hydroxylation sites is 1. The van der Waals surface area contributed by atoms with Gasteiger partial charge in [-0.2, -0.15) is 0 Å². The topological polar surface area (TPSA) is 108 Å². The Morgan fingerprint density at radius 1 is 1.14 bits per heavy atom. The number of nitrogens with one attached hydrogen (secondary N) is 1. The van der Waals surface area contributed by atoms with E-state index in [-0.39, 0.29) is 24.3 Å². The molecule has 146 valence electrons. The number of benzene rings is 1. The van der Waals surface area contributed by atoms with Gasteiger partial charge in [-0.25, -0.2) is 9.78 Å². The van der Waals surface area contributed by atoms with Crippen molar-refractivity contribution in [3.8, 4) is 10.6 Å². The van der Waals surface area contributed by atoms with Crippen LogP contribution >= 0.6 is 11.3 Å². The Balaban J connectivity index is 2.01. The van der Waals surface area contributed by atoms with Gasteiger partial charge in [0.1, 0.15) is 16.3 Å². The van der Waals surface area contributed by atoms with Crippen molar-refractivity contribution < 1.29 is 28.3 Å². The Bertz CT molecular complexity index is 1020. The Hall–Kier alpha value is -3.20. The van der Waals surface area contributed by atoms with Crippen LogP contribution in [-0.4, -0.2) is 37.0 Å². The highest BCUT2D eigenvalue weighted by atomic mass is 32.1. The lowest BCUT2D eigenvalue weighted by Gasteiger charge is -2.04. The van der Waals surface area contributed by atoms with Crippen LogP contribution in [0, 0.1) is 6.92 Å². The fourth-order valence-electron chi connectivity index (χ4n) is 2.67. The third-order valence-electron chi connectivity index (χ3n) is 4.02. The predicted molar refractivity (Wildman–Crippen MR) is 103 cm³/mol. The van der Waals surface area contributed by atoms with Gasteiger partial charge in [0.25, 0.3) is 0 Å². The van der Waals surface area contributed by atoms with Crippen LogP contribution in [0.5, 0.6) is 0 Å². The molecule has 0 saturated carbocycles. The summed E-state index contributed by atoms with van der Waals surface area (Å²) in [4.78, 5) is 40.4. The zero-order valence-electron chi connectivity index (χ0n) is 15.5. The van der Waals surface area contributed by atoms with Crippen molar-refractivity contribution in [1.82, 2.24) is 4.98 Å². The SMILES string of the molecule is COC(=O)CCC(=O)Nc1oc(C)c(C(=O)OC)c1-c1nc2ccccc2s1. The van der Waals surface area contributed by atoms with E-state index in [9.17, 15) is 14.4 Å². The summed E-state index contributed by atoms with van der Waals surface area (Å²) < 4.78 is 16.0. The minimum absolute atomic E-state index is 0.0671. The van der Waals surface area contributed by atoms with Crippen LogP contribution in [0.4, 0.5) is 5.88 Å². The lowest BCUT2D eigenvalue weighted by molar-refractivity contribution is -0.141. The quantitative estimate of drug-likeness (QED) is 0.628. The van der Waals surface area contributed by atoms with Gasteiger partial charge in [-0.3, -0.25) is 14.9 Å². The predicted octanol–water partition coefficient (Wildman–Crippen LogP) is 3.54. The van der Waals surface area contributed by atoms with E-state index in [1.54, 1.807) is 6.92 Å². The first kappa shape index (κ1) is 19.6. The molecular weight excluding hydrogens is 384 g/mol. The lowest BCUT2D eigenvalue weighted by Crippen LogP contribution is -2.14. The van der Waals surface area contributed by atoms with E-state index >= 15 is 0 Å². The maximum atomic E-state index is 12.3. The Kier molecular flexibility index (Phi) is 5.74. The number of carbonyl (C=O) groups is 3. The third-order valence-corrected chi connectivity index (χ3v) is 5.07. The van der Waals surface area contributed by atoms with Gasteiger partial charge >= 0.3 is 11.9 Å². The van der Waals surface area contributed by atoms with E-state index in [0.717, 1.165) is 10.2 Å². The molecule has 1 N–H and O–H groups in total. The van der Waals surface area contributed by atoms with Crippen molar-refractivity contribution in [1.29, 1.82) is 0 Å². The van der Waals surface area contributed by atoms with Crippen LogP contribution < -0.4 is 5.32 Å². The zero-order valence-corrected chi connectivity index (χ0v) is 16.3. The minimum Gasteiger partial charge on any atom is -0.469 e. The van der Waals surface area contributed by atoms with E-state index in [4.69, 9.17) is 9.15 Å². The number of nitrogens with zero attached hydrogens (tertiary/aromatic N) is 1. The van der Waals surface area contributed by atoms with Gasteiger partial charge in [-0.05, 0) is 19.1 Å². The van der Waals surface area contributed by atoms with Crippen molar-refractivity contribution in [2.24, 2.45) is 0 Å². The summed E-state index contributed by atoms with van der Waals surface area (Å²) in [5.41, 5.74) is 1.32. The average molecular weight is 402 g/mol. The molecule has 0 aliphatic carbocycles. The lowest BCUT2D eigenvalue weighted by atomic mass is 10.1. The number of thiazole rings is 1. The summed E-state index contributed by atoms with van der Waals surface area (Å²) in [6, 6.07) is 7.52. The molecule has 3 rings (SSSR count). The van der Waals surface area contributed by atoms with Crippen molar-refractivity contribution >= 4 is 45.3 Å². The standard InChI is InChI=1S/C19H18N2O6S/c1-10-15(19(24)26-3)16(18-20-11-6-4-5-7-12(11)28-18)17(27-10)21-13(22)8-9-14(23)25-2/h4-7H,8-9H2,1-3H3,(H,21,22). The molecule has 0 unspecified atom stereocenters. The maximum Gasteiger partial charge on any atom is 0.342 e. The van der Waals surface area contributed by atoms with Crippen LogP contribution in [0.2, 0.25) is 0 Å². The van der Waals surface area contributed by atoms with Crippen LogP contribution in [0.25, 0.3) is 20.8 Å². The van der Waals surface area contributed by atoms with Crippen molar-refractivity contribution in [3.05, 3.63) is 35.6 Å². The van der Waals surface area contributed by atoms with Gasteiger partial charge in [0, 0.05) is 6.42 Å². The fraction of sp³-hybridized carbons (Fsp3) is 0.263. The van der Waals surface area contributed by atoms with Gasteiger partial charge in [0.05, 0.1) is 36.4 Å². The third kappa shape index (κ3) is 3.89. The number of ether oxygens (including phenoxy) is 2. The van der Waals surface area contributed by atoms with Gasteiger partial charge in [0.15, 0.2) is 0 Å². The van der Waals surface area contributed by atoms with Gasteiger partial charge in [-0.15, -0.1) is 11.3 Å². The number of aromatic nitrogens is 1. The molecule has 0 fully saturated rings. The first-order valence-electron chi connectivity index (χ1n) is 8.39. The second-order valence-electron chi connectivity index (χ2n) is 5.84. The van der Waals surface area contributed by atoms with E-state index in [0.29, 0.717) is 16.3 Å². The highest BCUT2D eigenvalue weighted by molar-refractivity contribution is 7.21. The molecule has 0 spiro atoms.